The standard InChI is InChI=1S/C17H18N2O2/c1-10(2)16(18)17(20)19-11-7-8-15-13(9-11)12-5-3-4-6-14(12)21-15/h3-10,16H,18H2,1-2H3,(H,19,20). The number of nitrogens with two attached hydrogens (primary N) is 1. The van der Waals surface area contributed by atoms with Crippen molar-refractivity contribution < 1.29 is 9.21 Å². The van der Waals surface area contributed by atoms with Crippen molar-refractivity contribution >= 4 is 33.5 Å². The Morgan fingerprint density at radius 1 is 1.10 bits per heavy atom. The fraction of sp³-hybridized carbons (Fsp3) is 0.235. The molecule has 4 nitrogen and oxygen atoms in total. The largest absolute Gasteiger partial charge is 0.456 e. The molecule has 1 aromatic heterocycles. The molecule has 2 aromatic carbocycles. The second kappa shape index (κ2) is 5.22. The maximum absolute atomic E-state index is 12.0. The summed E-state index contributed by atoms with van der Waals surface area (Å²) in [4.78, 5) is 12.0. The number of fused-ring (bicyclic) bond motifs is 3. The molecule has 0 saturated heterocycles. The summed E-state index contributed by atoms with van der Waals surface area (Å²) < 4.78 is 5.76. The summed E-state index contributed by atoms with van der Waals surface area (Å²) in [6, 6.07) is 13.0. The van der Waals surface area contributed by atoms with E-state index in [1.165, 1.54) is 0 Å². The van der Waals surface area contributed by atoms with Gasteiger partial charge >= 0.3 is 0 Å². The Morgan fingerprint density at radius 3 is 2.57 bits per heavy atom. The van der Waals surface area contributed by atoms with Crippen molar-refractivity contribution in [1.82, 2.24) is 0 Å². The number of rotatable bonds is 3. The van der Waals surface area contributed by atoms with Crippen LogP contribution in [-0.4, -0.2) is 11.9 Å². The van der Waals surface area contributed by atoms with Gasteiger partial charge in [0.25, 0.3) is 0 Å². The number of para-hydroxylation sites is 1. The molecule has 21 heavy (non-hydrogen) atoms. The highest BCUT2D eigenvalue weighted by Crippen LogP contribution is 2.30. The van der Waals surface area contributed by atoms with Crippen LogP contribution in [0.5, 0.6) is 0 Å². The molecule has 0 aliphatic heterocycles. The van der Waals surface area contributed by atoms with Crippen molar-refractivity contribution in [2.24, 2.45) is 11.7 Å². The minimum absolute atomic E-state index is 0.100. The van der Waals surface area contributed by atoms with E-state index in [0.29, 0.717) is 0 Å². The number of carbonyl (C=O) groups excluding carboxylic acids is 1. The number of anilines is 1. The number of amides is 1. The molecule has 3 rings (SSSR count). The molecule has 0 fully saturated rings. The number of carbonyl (C=O) groups is 1. The summed E-state index contributed by atoms with van der Waals surface area (Å²) in [6.07, 6.45) is 0. The fourth-order valence-corrected chi connectivity index (χ4v) is 2.33. The Hall–Kier alpha value is -2.33. The van der Waals surface area contributed by atoms with Crippen LogP contribution in [0.15, 0.2) is 46.9 Å². The van der Waals surface area contributed by atoms with Gasteiger partial charge in [-0.1, -0.05) is 32.0 Å². The van der Waals surface area contributed by atoms with Crippen LogP contribution in [0.25, 0.3) is 21.9 Å². The van der Waals surface area contributed by atoms with Crippen LogP contribution in [0.2, 0.25) is 0 Å². The molecule has 0 bridgehead atoms. The average molecular weight is 282 g/mol. The summed E-state index contributed by atoms with van der Waals surface area (Å²) in [7, 11) is 0. The van der Waals surface area contributed by atoms with Crippen molar-refractivity contribution in [2.75, 3.05) is 5.32 Å². The molecular weight excluding hydrogens is 264 g/mol. The van der Waals surface area contributed by atoms with Crippen LogP contribution < -0.4 is 11.1 Å². The molecule has 1 unspecified atom stereocenters. The third-order valence-corrected chi connectivity index (χ3v) is 3.67. The SMILES string of the molecule is CC(C)C(N)C(=O)Nc1ccc2oc3ccccc3c2c1. The van der Waals surface area contributed by atoms with Crippen molar-refractivity contribution in [2.45, 2.75) is 19.9 Å². The van der Waals surface area contributed by atoms with E-state index in [1.807, 2.05) is 56.3 Å². The quantitative estimate of drug-likeness (QED) is 0.772. The molecule has 1 amide bonds. The van der Waals surface area contributed by atoms with E-state index < -0.39 is 6.04 Å². The minimum atomic E-state index is -0.512. The lowest BCUT2D eigenvalue weighted by Gasteiger charge is -2.15. The van der Waals surface area contributed by atoms with E-state index in [0.717, 1.165) is 27.6 Å². The lowest BCUT2D eigenvalue weighted by Crippen LogP contribution is -2.39. The van der Waals surface area contributed by atoms with Gasteiger partial charge in [-0.3, -0.25) is 4.79 Å². The van der Waals surface area contributed by atoms with Gasteiger partial charge in [0.2, 0.25) is 5.91 Å². The molecule has 4 heteroatoms. The first-order valence-electron chi connectivity index (χ1n) is 7.04. The van der Waals surface area contributed by atoms with Crippen LogP contribution in [0.4, 0.5) is 5.69 Å². The summed E-state index contributed by atoms with van der Waals surface area (Å²) >= 11 is 0. The Labute approximate surface area is 122 Å². The van der Waals surface area contributed by atoms with E-state index in [9.17, 15) is 4.79 Å². The first-order valence-corrected chi connectivity index (χ1v) is 7.04. The van der Waals surface area contributed by atoms with Crippen molar-refractivity contribution in [3.8, 4) is 0 Å². The molecule has 108 valence electrons. The summed E-state index contributed by atoms with van der Waals surface area (Å²) in [6.45, 7) is 3.86. The van der Waals surface area contributed by atoms with Gasteiger partial charge in [-0.25, -0.2) is 0 Å². The highest BCUT2D eigenvalue weighted by atomic mass is 16.3. The third kappa shape index (κ3) is 2.50. The number of benzene rings is 2. The van der Waals surface area contributed by atoms with Gasteiger partial charge in [0.15, 0.2) is 0 Å². The van der Waals surface area contributed by atoms with Gasteiger partial charge in [-0.05, 0) is 30.2 Å². The number of furan rings is 1. The number of hydrogen-bond donors (Lipinski definition) is 2. The Morgan fingerprint density at radius 2 is 1.81 bits per heavy atom. The minimum Gasteiger partial charge on any atom is -0.456 e. The van der Waals surface area contributed by atoms with E-state index >= 15 is 0 Å². The number of hydrogen-bond acceptors (Lipinski definition) is 3. The monoisotopic (exact) mass is 282 g/mol. The highest BCUT2D eigenvalue weighted by Gasteiger charge is 2.17. The molecular formula is C17H18N2O2. The Bertz CT molecular complexity index is 805. The van der Waals surface area contributed by atoms with E-state index in [-0.39, 0.29) is 11.8 Å². The average Bonchev–Trinajstić information content (AvgIpc) is 2.84. The smallest absolute Gasteiger partial charge is 0.241 e. The zero-order valence-corrected chi connectivity index (χ0v) is 12.1. The zero-order valence-electron chi connectivity index (χ0n) is 12.1. The normalized spacial score (nSPS) is 13.0. The lowest BCUT2D eigenvalue weighted by molar-refractivity contribution is -0.118. The molecule has 0 radical (unpaired) electrons. The lowest BCUT2D eigenvalue weighted by atomic mass is 10.0. The van der Waals surface area contributed by atoms with Crippen LogP contribution in [0.3, 0.4) is 0 Å². The van der Waals surface area contributed by atoms with Gasteiger partial charge in [0.1, 0.15) is 11.2 Å². The first kappa shape index (κ1) is 13.6. The predicted octanol–water partition coefficient (Wildman–Crippen LogP) is 3.51. The second-order valence-corrected chi connectivity index (χ2v) is 5.57. The first-order chi connectivity index (χ1) is 10.1. The highest BCUT2D eigenvalue weighted by molar-refractivity contribution is 6.07. The molecule has 0 aliphatic carbocycles. The van der Waals surface area contributed by atoms with Gasteiger partial charge < -0.3 is 15.5 Å². The van der Waals surface area contributed by atoms with Crippen LogP contribution in [0.1, 0.15) is 13.8 Å². The Kier molecular flexibility index (Phi) is 3.39. The molecule has 0 saturated carbocycles. The number of nitrogens with one attached hydrogen (secondary N) is 1. The fourth-order valence-electron chi connectivity index (χ4n) is 2.33. The molecule has 0 spiro atoms. The molecule has 1 atom stereocenters. The van der Waals surface area contributed by atoms with E-state index in [4.69, 9.17) is 10.2 Å². The van der Waals surface area contributed by atoms with Crippen molar-refractivity contribution in [3.63, 3.8) is 0 Å². The van der Waals surface area contributed by atoms with Crippen LogP contribution in [0, 0.1) is 5.92 Å². The van der Waals surface area contributed by atoms with E-state index in [2.05, 4.69) is 5.32 Å². The second-order valence-electron chi connectivity index (χ2n) is 5.57. The van der Waals surface area contributed by atoms with E-state index in [1.54, 1.807) is 0 Å². The molecule has 3 N–H and O–H groups in total. The molecule has 1 heterocycles. The topological polar surface area (TPSA) is 68.3 Å². The third-order valence-electron chi connectivity index (χ3n) is 3.67. The summed E-state index contributed by atoms with van der Waals surface area (Å²) in [5, 5.41) is 4.89. The van der Waals surface area contributed by atoms with Crippen LogP contribution >= 0.6 is 0 Å². The molecule has 3 aromatic rings. The van der Waals surface area contributed by atoms with Gasteiger partial charge in [-0.2, -0.15) is 0 Å². The van der Waals surface area contributed by atoms with Gasteiger partial charge in [0, 0.05) is 16.5 Å². The van der Waals surface area contributed by atoms with Gasteiger partial charge in [-0.15, -0.1) is 0 Å². The van der Waals surface area contributed by atoms with Crippen LogP contribution in [-0.2, 0) is 4.79 Å². The summed E-state index contributed by atoms with van der Waals surface area (Å²) in [5.74, 6) is -0.0689. The maximum Gasteiger partial charge on any atom is 0.241 e. The zero-order chi connectivity index (χ0) is 15.0. The van der Waals surface area contributed by atoms with Crippen molar-refractivity contribution in [3.05, 3.63) is 42.5 Å². The molecule has 0 aliphatic rings. The van der Waals surface area contributed by atoms with Crippen molar-refractivity contribution in [1.29, 1.82) is 0 Å². The maximum atomic E-state index is 12.0. The predicted molar refractivity (Wildman–Crippen MR) is 85.2 cm³/mol. The Balaban J connectivity index is 1.97. The summed E-state index contributed by atoms with van der Waals surface area (Å²) in [5.41, 5.74) is 8.24. The van der Waals surface area contributed by atoms with Gasteiger partial charge in [0.05, 0.1) is 6.04 Å².